The van der Waals surface area contributed by atoms with E-state index in [4.69, 9.17) is 4.94 Å². The number of nitrogens with one attached hydrogen (secondary N) is 2. The molecule has 0 unspecified atom stereocenters. The summed E-state index contributed by atoms with van der Waals surface area (Å²) in [4.78, 5) is 4.82. The third kappa shape index (κ3) is 2.89. The van der Waals surface area contributed by atoms with Gasteiger partial charge in [0.25, 0.3) is 0 Å². The van der Waals surface area contributed by atoms with Crippen LogP contribution < -0.4 is 11.0 Å². The molecule has 0 saturated carbocycles. The standard InChI is InChI=1S/C10H14N2O/c1-8(2)9-5-4-6-10(7-9)12-13-11-3/h4-7,11-12H,1H2,2-3H3. The average Bonchev–Trinajstić information content (AvgIpc) is 2.15. The van der Waals surface area contributed by atoms with Crippen molar-refractivity contribution < 1.29 is 4.94 Å². The maximum Gasteiger partial charge on any atom is 0.0629 e. The monoisotopic (exact) mass is 178 g/mol. The van der Waals surface area contributed by atoms with E-state index >= 15 is 0 Å². The molecule has 0 aliphatic rings. The lowest BCUT2D eigenvalue weighted by Gasteiger charge is -2.06. The fraction of sp³-hybridized carbons (Fsp3) is 0.200. The quantitative estimate of drug-likeness (QED) is 0.693. The van der Waals surface area contributed by atoms with Gasteiger partial charge in [0.05, 0.1) is 5.69 Å². The molecular formula is C10H14N2O. The van der Waals surface area contributed by atoms with Crippen molar-refractivity contribution in [2.75, 3.05) is 12.5 Å². The van der Waals surface area contributed by atoms with Gasteiger partial charge in [-0.3, -0.25) is 0 Å². The molecule has 0 saturated heterocycles. The van der Waals surface area contributed by atoms with Crippen molar-refractivity contribution in [2.24, 2.45) is 0 Å². The van der Waals surface area contributed by atoms with E-state index in [0.717, 1.165) is 16.8 Å². The van der Waals surface area contributed by atoms with E-state index in [1.54, 1.807) is 7.05 Å². The Morgan fingerprint density at radius 2 is 2.23 bits per heavy atom. The van der Waals surface area contributed by atoms with Crippen molar-refractivity contribution in [3.63, 3.8) is 0 Å². The van der Waals surface area contributed by atoms with Crippen LogP contribution in [0.4, 0.5) is 5.69 Å². The molecule has 3 heteroatoms. The molecule has 0 radical (unpaired) electrons. The third-order valence-electron chi connectivity index (χ3n) is 1.63. The second-order valence-electron chi connectivity index (χ2n) is 2.77. The molecule has 0 aromatic heterocycles. The van der Waals surface area contributed by atoms with E-state index in [9.17, 15) is 0 Å². The average molecular weight is 178 g/mol. The molecule has 3 nitrogen and oxygen atoms in total. The van der Waals surface area contributed by atoms with Crippen molar-refractivity contribution in [3.8, 4) is 0 Å². The summed E-state index contributed by atoms with van der Waals surface area (Å²) in [6, 6.07) is 7.85. The maximum absolute atomic E-state index is 4.82. The van der Waals surface area contributed by atoms with Gasteiger partial charge in [0.2, 0.25) is 0 Å². The van der Waals surface area contributed by atoms with Crippen LogP contribution in [0.3, 0.4) is 0 Å². The van der Waals surface area contributed by atoms with Crippen LogP contribution in [-0.2, 0) is 4.94 Å². The predicted molar refractivity (Wildman–Crippen MR) is 54.9 cm³/mol. The minimum absolute atomic E-state index is 0.898. The number of allylic oxidation sites excluding steroid dienone is 1. The van der Waals surface area contributed by atoms with Gasteiger partial charge in [-0.25, -0.2) is 5.48 Å². The van der Waals surface area contributed by atoms with Crippen LogP contribution in [-0.4, -0.2) is 7.05 Å². The van der Waals surface area contributed by atoms with Crippen LogP contribution in [0, 0.1) is 0 Å². The highest BCUT2D eigenvalue weighted by atomic mass is 16.8. The summed E-state index contributed by atoms with van der Waals surface area (Å²) >= 11 is 0. The first-order chi connectivity index (χ1) is 6.24. The van der Waals surface area contributed by atoms with Crippen LogP contribution in [0.15, 0.2) is 30.8 Å². The summed E-state index contributed by atoms with van der Waals surface area (Å²) in [6.45, 7) is 5.83. The van der Waals surface area contributed by atoms with Gasteiger partial charge in [0.15, 0.2) is 0 Å². The second-order valence-corrected chi connectivity index (χ2v) is 2.77. The van der Waals surface area contributed by atoms with E-state index in [1.807, 2.05) is 31.2 Å². The van der Waals surface area contributed by atoms with Gasteiger partial charge in [0.1, 0.15) is 0 Å². The molecule has 0 bridgehead atoms. The molecule has 2 N–H and O–H groups in total. The van der Waals surface area contributed by atoms with Crippen LogP contribution in [0.5, 0.6) is 0 Å². The molecule has 1 aromatic rings. The van der Waals surface area contributed by atoms with Crippen LogP contribution in [0.2, 0.25) is 0 Å². The number of hydrogen-bond acceptors (Lipinski definition) is 3. The number of rotatable bonds is 4. The first kappa shape index (κ1) is 9.77. The van der Waals surface area contributed by atoms with E-state index < -0.39 is 0 Å². The Kier molecular flexibility index (Phi) is 3.49. The summed E-state index contributed by atoms with van der Waals surface area (Å²) in [7, 11) is 1.69. The molecule has 1 aromatic carbocycles. The first-order valence-electron chi connectivity index (χ1n) is 4.08. The molecule has 13 heavy (non-hydrogen) atoms. The Balaban J connectivity index is 2.73. The molecule has 0 fully saturated rings. The molecule has 0 aliphatic heterocycles. The lowest BCUT2D eigenvalue weighted by molar-refractivity contribution is 0.109. The summed E-state index contributed by atoms with van der Waals surface area (Å²) in [5, 5.41) is 0. The number of benzene rings is 1. The Morgan fingerprint density at radius 3 is 2.85 bits per heavy atom. The van der Waals surface area contributed by atoms with Crippen molar-refractivity contribution in [1.82, 2.24) is 5.48 Å². The Morgan fingerprint density at radius 1 is 1.46 bits per heavy atom. The van der Waals surface area contributed by atoms with Gasteiger partial charge in [-0.15, -0.1) is 0 Å². The molecule has 0 spiro atoms. The van der Waals surface area contributed by atoms with Gasteiger partial charge in [-0.05, 0) is 24.6 Å². The summed E-state index contributed by atoms with van der Waals surface area (Å²) < 4.78 is 0. The van der Waals surface area contributed by atoms with Crippen LogP contribution >= 0.6 is 0 Å². The van der Waals surface area contributed by atoms with E-state index in [0.29, 0.717) is 0 Å². The van der Waals surface area contributed by atoms with Gasteiger partial charge in [0, 0.05) is 7.05 Å². The zero-order valence-electron chi connectivity index (χ0n) is 7.92. The molecular weight excluding hydrogens is 164 g/mol. The van der Waals surface area contributed by atoms with Gasteiger partial charge < -0.3 is 0 Å². The summed E-state index contributed by atoms with van der Waals surface area (Å²) in [6.07, 6.45) is 0. The van der Waals surface area contributed by atoms with Gasteiger partial charge in [-0.1, -0.05) is 24.3 Å². The first-order valence-corrected chi connectivity index (χ1v) is 4.08. The molecule has 0 heterocycles. The number of hydroxylamine groups is 1. The normalized spacial score (nSPS) is 9.69. The van der Waals surface area contributed by atoms with Crippen LogP contribution in [0.25, 0.3) is 5.57 Å². The zero-order valence-corrected chi connectivity index (χ0v) is 7.92. The number of anilines is 1. The van der Waals surface area contributed by atoms with Gasteiger partial charge >= 0.3 is 0 Å². The lowest BCUT2D eigenvalue weighted by atomic mass is 10.1. The fourth-order valence-corrected chi connectivity index (χ4v) is 0.958. The zero-order chi connectivity index (χ0) is 9.68. The fourth-order valence-electron chi connectivity index (χ4n) is 0.958. The second kappa shape index (κ2) is 4.64. The number of hydrogen-bond donors (Lipinski definition) is 2. The largest absolute Gasteiger partial charge is 0.248 e. The van der Waals surface area contributed by atoms with Crippen molar-refractivity contribution in [3.05, 3.63) is 36.4 Å². The Hall–Kier alpha value is -1.32. The Bertz CT molecular complexity index is 297. The predicted octanol–water partition coefficient (Wildman–Crippen LogP) is 2.20. The molecule has 0 atom stereocenters. The Labute approximate surface area is 78.3 Å². The molecule has 0 amide bonds. The van der Waals surface area contributed by atoms with Crippen molar-refractivity contribution in [1.29, 1.82) is 0 Å². The summed E-state index contributed by atoms with van der Waals surface area (Å²) in [5.41, 5.74) is 8.30. The SMILES string of the molecule is C=C(C)c1cccc(NONC)c1. The highest BCUT2D eigenvalue weighted by Gasteiger charge is 1.95. The van der Waals surface area contributed by atoms with Crippen LogP contribution in [0.1, 0.15) is 12.5 Å². The highest BCUT2D eigenvalue weighted by Crippen LogP contribution is 2.16. The third-order valence-corrected chi connectivity index (χ3v) is 1.63. The van der Waals surface area contributed by atoms with Crippen molar-refractivity contribution >= 4 is 11.3 Å². The minimum Gasteiger partial charge on any atom is -0.248 e. The van der Waals surface area contributed by atoms with E-state index in [-0.39, 0.29) is 0 Å². The maximum atomic E-state index is 4.82. The lowest BCUT2D eigenvalue weighted by Crippen LogP contribution is -2.12. The topological polar surface area (TPSA) is 33.3 Å². The smallest absolute Gasteiger partial charge is 0.0629 e. The van der Waals surface area contributed by atoms with E-state index in [2.05, 4.69) is 17.5 Å². The molecule has 1 rings (SSSR count). The highest BCUT2D eigenvalue weighted by molar-refractivity contribution is 5.65. The summed E-state index contributed by atoms with van der Waals surface area (Å²) in [5.74, 6) is 0. The minimum atomic E-state index is 0.898. The van der Waals surface area contributed by atoms with E-state index in [1.165, 1.54) is 0 Å². The molecule has 0 aliphatic carbocycles. The van der Waals surface area contributed by atoms with Gasteiger partial charge in [-0.2, -0.15) is 10.4 Å². The molecule has 70 valence electrons. The van der Waals surface area contributed by atoms with Crippen molar-refractivity contribution in [2.45, 2.75) is 6.92 Å².